The van der Waals surface area contributed by atoms with Crippen LogP contribution >= 0.6 is 0 Å². The van der Waals surface area contributed by atoms with Crippen LogP contribution in [0, 0.1) is 18.6 Å². The Bertz CT molecular complexity index is 937. The first-order valence-electron chi connectivity index (χ1n) is 9.18. The molecule has 1 aromatic heterocycles. The quantitative estimate of drug-likeness (QED) is 0.572. The second kappa shape index (κ2) is 8.65. The molecule has 0 aliphatic heterocycles. The van der Waals surface area contributed by atoms with Crippen LogP contribution in [-0.4, -0.2) is 23.1 Å². The lowest BCUT2D eigenvalue weighted by Gasteiger charge is -2.22. The van der Waals surface area contributed by atoms with E-state index in [4.69, 9.17) is 0 Å². The third kappa shape index (κ3) is 4.36. The topological polar surface area (TPSA) is 53.1 Å². The molecule has 146 valence electrons. The molecule has 0 saturated heterocycles. The average Bonchev–Trinajstić information content (AvgIpc) is 2.68. The molecular formula is C21H23F2N5. The van der Waals surface area contributed by atoms with Crippen LogP contribution in [0.1, 0.15) is 19.4 Å². The van der Waals surface area contributed by atoms with Gasteiger partial charge in [-0.2, -0.15) is 4.98 Å². The van der Waals surface area contributed by atoms with Gasteiger partial charge in [0.05, 0.1) is 0 Å². The highest BCUT2D eigenvalue weighted by atomic mass is 19.1. The molecule has 0 saturated carbocycles. The molecule has 1 heterocycles. The van der Waals surface area contributed by atoms with Gasteiger partial charge in [-0.1, -0.05) is 6.07 Å². The summed E-state index contributed by atoms with van der Waals surface area (Å²) in [5.74, 6) is -0.783. The van der Waals surface area contributed by atoms with Crippen LogP contribution in [0.15, 0.2) is 48.7 Å². The maximum absolute atomic E-state index is 13.8. The maximum Gasteiger partial charge on any atom is 0.229 e. The van der Waals surface area contributed by atoms with Crippen LogP contribution in [0.25, 0.3) is 0 Å². The third-order valence-corrected chi connectivity index (χ3v) is 4.46. The van der Waals surface area contributed by atoms with Gasteiger partial charge in [0.25, 0.3) is 0 Å². The lowest BCUT2D eigenvalue weighted by Crippen LogP contribution is -2.21. The zero-order valence-corrected chi connectivity index (χ0v) is 16.1. The fraction of sp³-hybridized carbons (Fsp3) is 0.238. The van der Waals surface area contributed by atoms with Gasteiger partial charge in [-0.05, 0) is 62.7 Å². The van der Waals surface area contributed by atoms with Gasteiger partial charge in [-0.3, -0.25) is 0 Å². The minimum atomic E-state index is -0.704. The van der Waals surface area contributed by atoms with Gasteiger partial charge in [-0.25, -0.2) is 13.8 Å². The number of benzene rings is 2. The summed E-state index contributed by atoms with van der Waals surface area (Å²) in [5.41, 5.74) is 2.85. The van der Waals surface area contributed by atoms with Crippen LogP contribution in [0.2, 0.25) is 0 Å². The Morgan fingerprint density at radius 1 is 0.964 bits per heavy atom. The molecule has 0 atom stereocenters. The third-order valence-electron chi connectivity index (χ3n) is 4.46. The van der Waals surface area contributed by atoms with Crippen molar-refractivity contribution in [2.24, 2.45) is 0 Å². The van der Waals surface area contributed by atoms with E-state index in [2.05, 4.69) is 51.5 Å². The summed E-state index contributed by atoms with van der Waals surface area (Å²) < 4.78 is 27.6. The van der Waals surface area contributed by atoms with Gasteiger partial charge in [0.15, 0.2) is 0 Å². The Balaban J connectivity index is 1.80. The first kappa shape index (κ1) is 19.5. The molecule has 5 nitrogen and oxygen atoms in total. The van der Waals surface area contributed by atoms with Crippen molar-refractivity contribution < 1.29 is 8.78 Å². The van der Waals surface area contributed by atoms with Gasteiger partial charge in [0.2, 0.25) is 5.95 Å². The van der Waals surface area contributed by atoms with Gasteiger partial charge in [-0.15, -0.1) is 0 Å². The molecule has 3 rings (SSSR count). The number of nitrogens with zero attached hydrogens (tertiary/aromatic N) is 3. The Labute approximate surface area is 163 Å². The monoisotopic (exact) mass is 383 g/mol. The van der Waals surface area contributed by atoms with Crippen molar-refractivity contribution in [2.45, 2.75) is 20.8 Å². The highest BCUT2D eigenvalue weighted by molar-refractivity contribution is 5.66. The maximum atomic E-state index is 13.8. The number of aryl methyl sites for hydroxylation is 1. The fourth-order valence-corrected chi connectivity index (χ4v) is 2.93. The SMILES string of the molecule is CCN(CC)c1ccc(Nc2ccnc(Nc3c(F)cccc3F)n2)c(C)c1. The van der Waals surface area contributed by atoms with E-state index in [9.17, 15) is 8.78 Å². The van der Waals surface area contributed by atoms with Crippen LogP contribution in [0.3, 0.4) is 0 Å². The van der Waals surface area contributed by atoms with E-state index < -0.39 is 11.6 Å². The van der Waals surface area contributed by atoms with Crippen molar-refractivity contribution in [3.63, 3.8) is 0 Å². The highest BCUT2D eigenvalue weighted by Gasteiger charge is 2.11. The highest BCUT2D eigenvalue weighted by Crippen LogP contribution is 2.26. The number of halogens is 2. The Morgan fingerprint density at radius 3 is 2.32 bits per heavy atom. The van der Waals surface area contributed by atoms with Crippen molar-refractivity contribution in [1.82, 2.24) is 9.97 Å². The van der Waals surface area contributed by atoms with E-state index in [1.165, 1.54) is 24.4 Å². The molecule has 7 heteroatoms. The summed E-state index contributed by atoms with van der Waals surface area (Å²) in [4.78, 5) is 10.6. The molecule has 2 aromatic carbocycles. The first-order chi connectivity index (χ1) is 13.5. The summed E-state index contributed by atoms with van der Waals surface area (Å²) >= 11 is 0. The lowest BCUT2D eigenvalue weighted by molar-refractivity contribution is 0.590. The van der Waals surface area contributed by atoms with Crippen molar-refractivity contribution in [3.05, 3.63) is 65.9 Å². The molecule has 0 radical (unpaired) electrons. The van der Waals surface area contributed by atoms with E-state index in [1.807, 2.05) is 13.0 Å². The number of anilines is 5. The van der Waals surface area contributed by atoms with Crippen LogP contribution in [0.4, 0.5) is 37.6 Å². The first-order valence-corrected chi connectivity index (χ1v) is 9.18. The predicted octanol–water partition coefficient (Wildman–Crippen LogP) is 5.40. The minimum absolute atomic E-state index is 0.103. The number of hydrogen-bond acceptors (Lipinski definition) is 5. The molecule has 0 spiro atoms. The Kier molecular flexibility index (Phi) is 6.03. The molecule has 0 aliphatic carbocycles. The number of para-hydroxylation sites is 1. The number of aromatic nitrogens is 2. The molecular weight excluding hydrogens is 360 g/mol. The van der Waals surface area contributed by atoms with E-state index in [-0.39, 0.29) is 11.6 Å². The van der Waals surface area contributed by atoms with E-state index in [0.717, 1.165) is 30.0 Å². The van der Waals surface area contributed by atoms with Gasteiger partial charge >= 0.3 is 0 Å². The van der Waals surface area contributed by atoms with E-state index in [0.29, 0.717) is 5.82 Å². The molecule has 2 N–H and O–H groups in total. The summed E-state index contributed by atoms with van der Waals surface area (Å²) in [6.45, 7) is 8.15. The normalized spacial score (nSPS) is 10.6. The molecule has 0 amide bonds. The Hall–Kier alpha value is -3.22. The van der Waals surface area contributed by atoms with Gasteiger partial charge in [0, 0.05) is 30.7 Å². The van der Waals surface area contributed by atoms with E-state index >= 15 is 0 Å². The average molecular weight is 383 g/mol. The van der Waals surface area contributed by atoms with Crippen molar-refractivity contribution >= 4 is 28.8 Å². The zero-order valence-electron chi connectivity index (χ0n) is 16.1. The smallest absolute Gasteiger partial charge is 0.229 e. The van der Waals surface area contributed by atoms with Crippen LogP contribution in [0.5, 0.6) is 0 Å². The number of nitrogens with one attached hydrogen (secondary N) is 2. The van der Waals surface area contributed by atoms with Gasteiger partial charge in [0.1, 0.15) is 23.1 Å². The Morgan fingerprint density at radius 2 is 1.68 bits per heavy atom. The molecule has 0 fully saturated rings. The minimum Gasteiger partial charge on any atom is -0.372 e. The number of rotatable bonds is 7. The molecule has 0 bridgehead atoms. The standard InChI is InChI=1S/C21H23F2N5/c1-4-28(5-2)15-9-10-18(14(3)13-15)25-19-11-12-24-21(26-19)27-20-16(22)7-6-8-17(20)23/h6-13H,4-5H2,1-3H3,(H2,24,25,26,27). The molecule has 0 unspecified atom stereocenters. The van der Waals surface area contributed by atoms with Crippen molar-refractivity contribution in [1.29, 1.82) is 0 Å². The molecule has 0 aliphatic rings. The molecule has 3 aromatic rings. The largest absolute Gasteiger partial charge is 0.372 e. The molecule has 28 heavy (non-hydrogen) atoms. The lowest BCUT2D eigenvalue weighted by atomic mass is 10.1. The summed E-state index contributed by atoms with van der Waals surface area (Å²) in [6.07, 6.45) is 1.52. The van der Waals surface area contributed by atoms with E-state index in [1.54, 1.807) is 6.07 Å². The summed E-state index contributed by atoms with van der Waals surface area (Å²) in [5, 5.41) is 5.83. The second-order valence-electron chi connectivity index (χ2n) is 6.28. The fourth-order valence-electron chi connectivity index (χ4n) is 2.93. The second-order valence-corrected chi connectivity index (χ2v) is 6.28. The van der Waals surface area contributed by atoms with Crippen LogP contribution in [-0.2, 0) is 0 Å². The summed E-state index contributed by atoms with van der Waals surface area (Å²) in [6, 6.07) is 11.5. The van der Waals surface area contributed by atoms with Crippen molar-refractivity contribution in [3.8, 4) is 0 Å². The predicted molar refractivity (Wildman–Crippen MR) is 110 cm³/mol. The van der Waals surface area contributed by atoms with Crippen molar-refractivity contribution in [2.75, 3.05) is 28.6 Å². The zero-order chi connectivity index (χ0) is 20.1. The number of hydrogen-bond donors (Lipinski definition) is 2. The van der Waals surface area contributed by atoms with Crippen LogP contribution < -0.4 is 15.5 Å². The van der Waals surface area contributed by atoms with Gasteiger partial charge < -0.3 is 15.5 Å². The summed E-state index contributed by atoms with van der Waals surface area (Å²) in [7, 11) is 0.